The number of aromatic nitrogens is 4. The maximum absolute atomic E-state index is 8.67. The van der Waals surface area contributed by atoms with E-state index in [0.29, 0.717) is 28.2 Å². The van der Waals surface area contributed by atoms with Crippen LogP contribution in [0.4, 0.5) is 0 Å². The first-order valence-electron chi connectivity index (χ1n) is 28.8. The zero-order valence-corrected chi connectivity index (χ0v) is 44.6. The molecule has 10 aromatic carbocycles. The summed E-state index contributed by atoms with van der Waals surface area (Å²) < 4.78 is 80.7. The van der Waals surface area contributed by atoms with Crippen molar-refractivity contribution < 1.29 is 41.3 Å². The minimum atomic E-state index is -2.76. The van der Waals surface area contributed by atoms with Crippen LogP contribution in [0.2, 0.25) is 13.1 Å². The molecule has 3 heterocycles. The molecule has 0 bridgehead atoms. The molecule has 13 rings (SSSR count). The molecule has 0 spiro atoms. The van der Waals surface area contributed by atoms with Gasteiger partial charge < -0.3 is 13.9 Å². The van der Waals surface area contributed by atoms with Crippen molar-refractivity contribution in [2.75, 3.05) is 0 Å². The summed E-state index contributed by atoms with van der Waals surface area (Å²) in [6.07, 6.45) is 5.12. The second-order valence-electron chi connectivity index (χ2n) is 19.0. The molecule has 76 heavy (non-hydrogen) atoms. The van der Waals surface area contributed by atoms with E-state index < -0.39 is 45.1 Å². The Morgan fingerprint density at radius 3 is 1.93 bits per heavy atom. The molecule has 0 amide bonds. The van der Waals surface area contributed by atoms with E-state index in [1.807, 2.05) is 77.4 Å². The third kappa shape index (κ3) is 8.79. The Kier molecular flexibility index (Phi) is 10.6. The van der Waals surface area contributed by atoms with Crippen LogP contribution in [-0.2, 0) is 21.1 Å². The van der Waals surface area contributed by atoms with Gasteiger partial charge in [0, 0.05) is 54.0 Å². The van der Waals surface area contributed by atoms with Gasteiger partial charge in [-0.25, -0.2) is 4.98 Å². The molecule has 0 unspecified atom stereocenters. The topological polar surface area (TPSA) is 35.9 Å². The first kappa shape index (κ1) is 39.7. The van der Waals surface area contributed by atoms with Gasteiger partial charge in [-0.15, -0.1) is 29.7 Å². The van der Waals surface area contributed by atoms with Crippen molar-refractivity contribution in [1.29, 1.82) is 0 Å². The molecule has 0 aliphatic rings. The van der Waals surface area contributed by atoms with Crippen molar-refractivity contribution in [1.82, 2.24) is 14.1 Å². The predicted molar refractivity (Wildman–Crippen MR) is 310 cm³/mol. The third-order valence-electron chi connectivity index (χ3n) is 14.1. The van der Waals surface area contributed by atoms with Gasteiger partial charge in [-0.1, -0.05) is 206 Å². The minimum absolute atomic E-state index is 0. The number of hydrogen-bond donors (Lipinski definition) is 0. The van der Waals surface area contributed by atoms with Crippen LogP contribution in [-0.4, -0.2) is 22.2 Å². The van der Waals surface area contributed by atoms with Crippen molar-refractivity contribution >= 4 is 51.3 Å². The maximum atomic E-state index is 8.67. The molecule has 368 valence electrons. The first-order valence-corrected chi connectivity index (χ1v) is 27.8. The van der Waals surface area contributed by atoms with Crippen LogP contribution in [0.15, 0.2) is 249 Å². The second-order valence-corrected chi connectivity index (χ2v) is 23.4. The molecule has 0 aliphatic carbocycles. The number of fused-ring (bicyclic) bond motifs is 4. The van der Waals surface area contributed by atoms with E-state index in [1.165, 1.54) is 22.6 Å². The number of benzene rings is 10. The van der Waals surface area contributed by atoms with Crippen LogP contribution in [0.1, 0.15) is 16.5 Å². The summed E-state index contributed by atoms with van der Waals surface area (Å²) in [5.74, 6) is 0.996. The fourth-order valence-corrected chi connectivity index (χ4v) is 13.1. The Labute approximate surface area is 470 Å². The van der Waals surface area contributed by atoms with Crippen LogP contribution < -0.4 is 19.7 Å². The Balaban J connectivity index is 0.00000694. The van der Waals surface area contributed by atoms with E-state index in [0.717, 1.165) is 60.9 Å². The summed E-state index contributed by atoms with van der Waals surface area (Å²) in [5.41, 5.74) is 10.9. The summed E-state index contributed by atoms with van der Waals surface area (Å²) in [4.78, 5) is 4.74. The van der Waals surface area contributed by atoms with Crippen LogP contribution in [0.5, 0.6) is 11.5 Å². The van der Waals surface area contributed by atoms with Gasteiger partial charge in [-0.2, -0.15) is 18.2 Å². The number of rotatable bonds is 11. The third-order valence-corrected chi connectivity index (χ3v) is 17.6. The average molecular weight is 1180 g/mol. The molecule has 7 heteroatoms. The van der Waals surface area contributed by atoms with Crippen molar-refractivity contribution in [3.63, 3.8) is 0 Å². The van der Waals surface area contributed by atoms with Crippen molar-refractivity contribution in [2.45, 2.75) is 19.9 Å². The molecule has 0 saturated carbocycles. The van der Waals surface area contributed by atoms with Crippen molar-refractivity contribution in [3.05, 3.63) is 273 Å². The molecule has 0 radical (unpaired) electrons. The van der Waals surface area contributed by atoms with Gasteiger partial charge in [0.2, 0.25) is 0 Å². The summed E-state index contributed by atoms with van der Waals surface area (Å²) in [7, 11) is -2.45. The van der Waals surface area contributed by atoms with Crippen LogP contribution in [0.25, 0.3) is 94.5 Å². The van der Waals surface area contributed by atoms with Gasteiger partial charge in [-0.3, -0.25) is 4.57 Å². The summed E-state index contributed by atoms with van der Waals surface area (Å²) in [6.45, 7) is 2.07. The molecule has 3 aromatic heterocycles. The summed E-state index contributed by atoms with van der Waals surface area (Å²) in [6, 6.07) is 76.6. The minimum Gasteiger partial charge on any atom is -0.510 e. The molecule has 0 saturated heterocycles. The summed E-state index contributed by atoms with van der Waals surface area (Å²) >= 11 is 0. The standard InChI is InChI=1S/C69H50N4OSi.Pt/c1-48-40-68(70-46-62(48)51-26-12-6-13-27-51)73-63-34-17-16-32-60(63)61-39-38-57(45-66(61)73)74-56-29-20-28-55(44-56)71-47-72(65-36-19-18-35-64(65)71)69-59(33-21-37-67(69)75(2,3)58-30-14-7-15-31-58)54-42-52(49-22-8-4-9-23-49)41-53(43-54)50-24-10-5-11-25-50;/h4-43,46H,1-3H3;/q-2;/i1D3,6D,12D,13D,26D,27D;. The number of pyridine rings is 1. The molecule has 0 fully saturated rings. The fraction of sp³-hybridized carbons (Fsp3) is 0.0435. The van der Waals surface area contributed by atoms with Crippen LogP contribution in [0.3, 0.4) is 0 Å². The SMILES string of the molecule is [2H]c1c([2H])c([2H])c(-c2cnc(-n3c4[c-]c(Oc5[c-]c(-n6[c-][n+](-c7c(-c8cc(-c9ccccc9)cc(-c9ccccc9)c8)cccc7[Si](C)(C)c7ccccc7)c7ccccc76)ccc5)ccc4c4ccccc43)cc2C([2H])([2H])[2H])c([2H])c1[2H].[Pt]. The number of para-hydroxylation sites is 4. The quantitative estimate of drug-likeness (QED) is 0.0735. The van der Waals surface area contributed by atoms with Gasteiger partial charge in [-0.05, 0) is 98.0 Å². The fourth-order valence-electron chi connectivity index (χ4n) is 10.4. The molecular weight excluding hydrogens is 1120 g/mol. The largest absolute Gasteiger partial charge is 0.510 e. The molecular formula is C69H50N4OPtSi-2. The van der Waals surface area contributed by atoms with Crippen molar-refractivity contribution in [2.24, 2.45) is 0 Å². The van der Waals surface area contributed by atoms with E-state index in [9.17, 15) is 0 Å². The Morgan fingerprint density at radius 2 is 1.20 bits per heavy atom. The number of aryl methyl sites for hydroxylation is 1. The van der Waals surface area contributed by atoms with Gasteiger partial charge in [0.25, 0.3) is 6.33 Å². The number of ether oxygens (including phenoxy) is 1. The van der Waals surface area contributed by atoms with Crippen LogP contribution >= 0.6 is 0 Å². The zero-order chi connectivity index (χ0) is 57.3. The smallest absolute Gasteiger partial charge is 0.268 e. The average Bonchev–Trinajstić information content (AvgIpc) is 1.77. The van der Waals surface area contributed by atoms with Gasteiger partial charge in [0.1, 0.15) is 13.9 Å². The maximum Gasteiger partial charge on any atom is 0.268 e. The summed E-state index contributed by atoms with van der Waals surface area (Å²) in [5, 5.41) is 4.21. The predicted octanol–water partition coefficient (Wildman–Crippen LogP) is 15.4. The monoisotopic (exact) mass is 1180 g/mol. The van der Waals surface area contributed by atoms with E-state index in [1.54, 1.807) is 4.57 Å². The van der Waals surface area contributed by atoms with Gasteiger partial charge >= 0.3 is 0 Å². The first-order chi connectivity index (χ1) is 40.1. The number of nitrogens with zero attached hydrogens (tertiary/aromatic N) is 4. The van der Waals surface area contributed by atoms with E-state index in [2.05, 4.69) is 170 Å². The number of hydrogen-bond acceptors (Lipinski definition) is 2. The molecule has 13 aromatic rings. The molecule has 0 atom stereocenters. The van der Waals surface area contributed by atoms with E-state index in [4.69, 9.17) is 20.7 Å². The molecule has 0 N–H and O–H groups in total. The Morgan fingerprint density at radius 1 is 0.553 bits per heavy atom. The van der Waals surface area contributed by atoms with Gasteiger partial charge in [0.05, 0.1) is 23.6 Å². The second kappa shape index (κ2) is 20.2. The van der Waals surface area contributed by atoms with Gasteiger partial charge in [0.15, 0.2) is 0 Å². The zero-order valence-electron chi connectivity index (χ0n) is 49.3. The molecule has 5 nitrogen and oxygen atoms in total. The van der Waals surface area contributed by atoms with Crippen molar-refractivity contribution in [3.8, 4) is 73.2 Å². The van der Waals surface area contributed by atoms with Crippen LogP contribution in [0, 0.1) is 25.3 Å². The Bertz CT molecular complexity index is 4600. The van der Waals surface area contributed by atoms with E-state index in [-0.39, 0.29) is 43.6 Å². The molecule has 0 aliphatic heterocycles. The number of imidazole rings is 1. The normalized spacial score (nSPS) is 13.2. The Hall–Kier alpha value is -8.67. The van der Waals surface area contributed by atoms with E-state index >= 15 is 0 Å².